The van der Waals surface area contributed by atoms with Crippen molar-refractivity contribution in [3.63, 3.8) is 0 Å². The Morgan fingerprint density at radius 3 is 2.82 bits per heavy atom. The lowest BCUT2D eigenvalue weighted by atomic mass is 10.1. The molecule has 1 amide bonds. The summed E-state index contributed by atoms with van der Waals surface area (Å²) in [6, 6.07) is 1.55. The van der Waals surface area contributed by atoms with Crippen molar-refractivity contribution in [2.45, 2.75) is 25.0 Å². The van der Waals surface area contributed by atoms with E-state index in [0.717, 1.165) is 32.5 Å². The molecule has 4 rings (SSSR count). The Hall–Kier alpha value is -1.82. The highest BCUT2D eigenvalue weighted by Gasteiger charge is 2.26. The number of halogens is 2. The lowest BCUT2D eigenvalue weighted by molar-refractivity contribution is 0.0651. The van der Waals surface area contributed by atoms with Crippen LogP contribution in [-0.2, 0) is 4.74 Å². The molecular weight excluding hydrogens is 401 g/mol. The number of amides is 1. The highest BCUT2D eigenvalue weighted by molar-refractivity contribution is 6.43. The molecule has 0 spiro atoms. The fraction of sp³-hybridized carbons (Fsp3) is 0.474. The number of hydrogen-bond donors (Lipinski definition) is 3. The van der Waals surface area contributed by atoms with Gasteiger partial charge in [0.15, 0.2) is 0 Å². The molecule has 0 bridgehead atoms. The molecule has 0 aromatic carbocycles. The van der Waals surface area contributed by atoms with Crippen LogP contribution in [0.1, 0.15) is 35.1 Å². The summed E-state index contributed by atoms with van der Waals surface area (Å²) in [5.74, 6) is 5.71. The highest BCUT2D eigenvalue weighted by atomic mass is 35.5. The van der Waals surface area contributed by atoms with Gasteiger partial charge in [0.2, 0.25) is 0 Å². The quantitative estimate of drug-likeness (QED) is 0.641. The Balaban J connectivity index is 1.89. The van der Waals surface area contributed by atoms with Crippen molar-refractivity contribution in [1.82, 2.24) is 20.2 Å². The van der Waals surface area contributed by atoms with Gasteiger partial charge in [0, 0.05) is 25.7 Å². The lowest BCUT2D eigenvalue weighted by Crippen LogP contribution is -2.37. The van der Waals surface area contributed by atoms with E-state index in [0.29, 0.717) is 39.9 Å². The molecule has 2 saturated heterocycles. The van der Waals surface area contributed by atoms with Crippen LogP contribution in [0.25, 0.3) is 11.0 Å². The summed E-state index contributed by atoms with van der Waals surface area (Å²) in [6.07, 6.45) is 1.77. The number of fused-ring (bicyclic) bond motifs is 1. The summed E-state index contributed by atoms with van der Waals surface area (Å²) in [6.45, 7) is 3.84. The molecule has 148 valence electrons. The first kappa shape index (κ1) is 19.5. The Morgan fingerprint density at radius 2 is 2.14 bits per heavy atom. The largest absolute Gasteiger partial charge is 0.364 e. The number of nitrogens with one attached hydrogen (secondary N) is 2. The predicted molar refractivity (Wildman–Crippen MR) is 109 cm³/mol. The number of piperidine rings is 1. The smallest absolute Gasteiger partial charge is 0.267 e. The summed E-state index contributed by atoms with van der Waals surface area (Å²) in [7, 11) is 0. The van der Waals surface area contributed by atoms with Crippen LogP contribution in [0, 0.1) is 11.8 Å². The number of carbonyl (C=O) groups excluding carboxylic acids is 1. The molecule has 2 aliphatic heterocycles. The zero-order valence-corrected chi connectivity index (χ0v) is 16.7. The third kappa shape index (κ3) is 3.71. The summed E-state index contributed by atoms with van der Waals surface area (Å²) >= 11 is 13.1. The van der Waals surface area contributed by atoms with Crippen molar-refractivity contribution in [3.8, 4) is 11.8 Å². The molecule has 4 heterocycles. The van der Waals surface area contributed by atoms with E-state index in [9.17, 15) is 4.79 Å². The standard InChI is InChI=1S/C19H21Cl2N5O2/c20-13-8-14(18(22)27)25-19-16(13)17(21)15(4-3-12-10-24-6-7-28-12)26(19)11-2-1-5-23-9-11/h8,11-12,23-24H,1-2,5-7,9-10H2,(H2,22,27)/t11-,12?/m0/s1. The van der Waals surface area contributed by atoms with Gasteiger partial charge in [0.25, 0.3) is 5.91 Å². The van der Waals surface area contributed by atoms with Crippen LogP contribution in [0.4, 0.5) is 0 Å². The molecule has 2 atom stereocenters. The van der Waals surface area contributed by atoms with E-state index in [-0.39, 0.29) is 17.8 Å². The minimum atomic E-state index is -0.635. The van der Waals surface area contributed by atoms with Gasteiger partial charge in [-0.3, -0.25) is 4.79 Å². The molecule has 0 aliphatic carbocycles. The maximum atomic E-state index is 11.7. The number of rotatable bonds is 2. The molecular formula is C19H21Cl2N5O2. The maximum absolute atomic E-state index is 11.7. The second-order valence-electron chi connectivity index (χ2n) is 6.92. The van der Waals surface area contributed by atoms with E-state index < -0.39 is 5.91 Å². The van der Waals surface area contributed by atoms with Gasteiger partial charge in [-0.15, -0.1) is 0 Å². The maximum Gasteiger partial charge on any atom is 0.267 e. The van der Waals surface area contributed by atoms with Gasteiger partial charge in [0.05, 0.1) is 22.0 Å². The predicted octanol–water partition coefficient (Wildman–Crippen LogP) is 1.71. The second-order valence-corrected chi connectivity index (χ2v) is 7.70. The van der Waals surface area contributed by atoms with Crippen molar-refractivity contribution in [3.05, 3.63) is 27.5 Å². The third-order valence-corrected chi connectivity index (χ3v) is 5.68. The minimum Gasteiger partial charge on any atom is -0.364 e. The monoisotopic (exact) mass is 421 g/mol. The number of aromatic nitrogens is 2. The molecule has 4 N–H and O–H groups in total. The Kier molecular flexibility index (Phi) is 5.76. The van der Waals surface area contributed by atoms with E-state index >= 15 is 0 Å². The van der Waals surface area contributed by atoms with Crippen LogP contribution in [0.5, 0.6) is 0 Å². The van der Waals surface area contributed by atoms with Crippen molar-refractivity contribution >= 4 is 40.1 Å². The SMILES string of the molecule is NC(=O)c1cc(Cl)c2c(Cl)c(C#CC3CNCCO3)n([C@H]3CCCNC3)c2n1. The number of morpholine rings is 1. The zero-order chi connectivity index (χ0) is 19.7. The lowest BCUT2D eigenvalue weighted by Gasteiger charge is -2.26. The fourth-order valence-electron chi connectivity index (χ4n) is 3.67. The molecule has 0 radical (unpaired) electrons. The Morgan fingerprint density at radius 1 is 1.32 bits per heavy atom. The van der Waals surface area contributed by atoms with Crippen LogP contribution in [0.3, 0.4) is 0 Å². The number of nitrogens with zero attached hydrogens (tertiary/aromatic N) is 2. The molecule has 9 heteroatoms. The van der Waals surface area contributed by atoms with Gasteiger partial charge in [0.1, 0.15) is 23.1 Å². The zero-order valence-electron chi connectivity index (χ0n) is 15.2. The molecule has 2 fully saturated rings. The van der Waals surface area contributed by atoms with E-state index in [2.05, 4.69) is 27.5 Å². The molecule has 2 aromatic rings. The average molecular weight is 422 g/mol. The van der Waals surface area contributed by atoms with E-state index in [1.807, 2.05) is 4.57 Å². The number of pyridine rings is 1. The average Bonchev–Trinajstić information content (AvgIpc) is 3.00. The van der Waals surface area contributed by atoms with Gasteiger partial charge in [-0.1, -0.05) is 29.1 Å². The van der Waals surface area contributed by atoms with E-state index in [1.165, 1.54) is 6.07 Å². The molecule has 0 saturated carbocycles. The topological polar surface area (TPSA) is 94.2 Å². The van der Waals surface area contributed by atoms with E-state index in [4.69, 9.17) is 33.7 Å². The van der Waals surface area contributed by atoms with Gasteiger partial charge >= 0.3 is 0 Å². The number of primary amides is 1. The second kappa shape index (κ2) is 8.27. The summed E-state index contributed by atoms with van der Waals surface area (Å²) < 4.78 is 7.66. The molecule has 1 unspecified atom stereocenters. The van der Waals surface area contributed by atoms with Gasteiger partial charge in [-0.05, 0) is 31.4 Å². The van der Waals surface area contributed by atoms with Crippen molar-refractivity contribution in [2.24, 2.45) is 5.73 Å². The minimum absolute atomic E-state index is 0.102. The van der Waals surface area contributed by atoms with Crippen LogP contribution in [0.2, 0.25) is 10.0 Å². The first-order valence-electron chi connectivity index (χ1n) is 9.30. The molecule has 2 aromatic heterocycles. The van der Waals surface area contributed by atoms with Crippen LogP contribution < -0.4 is 16.4 Å². The Bertz CT molecular complexity index is 966. The third-order valence-electron chi connectivity index (χ3n) is 5.02. The number of hydrogen-bond acceptors (Lipinski definition) is 5. The van der Waals surface area contributed by atoms with Crippen LogP contribution >= 0.6 is 23.2 Å². The normalized spacial score (nSPS) is 22.6. The first-order valence-corrected chi connectivity index (χ1v) is 10.1. The van der Waals surface area contributed by atoms with Crippen molar-refractivity contribution in [2.75, 3.05) is 32.8 Å². The van der Waals surface area contributed by atoms with E-state index in [1.54, 1.807) is 0 Å². The van der Waals surface area contributed by atoms with Gasteiger partial charge < -0.3 is 25.7 Å². The number of nitrogens with two attached hydrogens (primary N) is 1. The van der Waals surface area contributed by atoms with Gasteiger partial charge in [-0.2, -0.15) is 0 Å². The number of ether oxygens (including phenoxy) is 1. The molecule has 2 aliphatic rings. The fourth-order valence-corrected chi connectivity index (χ4v) is 4.32. The molecule has 28 heavy (non-hydrogen) atoms. The Labute approximate surface area is 172 Å². The van der Waals surface area contributed by atoms with Crippen LogP contribution in [0.15, 0.2) is 6.07 Å². The number of carbonyl (C=O) groups is 1. The van der Waals surface area contributed by atoms with Crippen LogP contribution in [-0.4, -0.2) is 54.3 Å². The summed E-state index contributed by atoms with van der Waals surface area (Å²) in [5.41, 5.74) is 6.71. The summed E-state index contributed by atoms with van der Waals surface area (Å²) in [4.78, 5) is 16.2. The first-order chi connectivity index (χ1) is 13.6. The summed E-state index contributed by atoms with van der Waals surface area (Å²) in [5, 5.41) is 8.01. The van der Waals surface area contributed by atoms with Crippen molar-refractivity contribution in [1.29, 1.82) is 0 Å². The highest BCUT2D eigenvalue weighted by Crippen LogP contribution is 2.38. The van der Waals surface area contributed by atoms with Crippen molar-refractivity contribution < 1.29 is 9.53 Å². The molecule has 7 nitrogen and oxygen atoms in total. The van der Waals surface area contributed by atoms with Gasteiger partial charge in [-0.25, -0.2) is 4.98 Å².